The summed E-state index contributed by atoms with van der Waals surface area (Å²) in [6, 6.07) is 13.0. The first-order chi connectivity index (χ1) is 13.3. The molecule has 0 atom stereocenters. The minimum absolute atomic E-state index is 0.0301. The lowest BCUT2D eigenvalue weighted by atomic mass is 10.2. The predicted octanol–water partition coefficient (Wildman–Crippen LogP) is 3.71. The second kappa shape index (κ2) is 8.28. The van der Waals surface area contributed by atoms with E-state index in [1.54, 1.807) is 30.3 Å². The Morgan fingerprint density at radius 3 is 2.54 bits per heavy atom. The Morgan fingerprint density at radius 1 is 1.14 bits per heavy atom. The van der Waals surface area contributed by atoms with Crippen molar-refractivity contribution in [3.05, 3.63) is 69.6 Å². The number of benzene rings is 2. The van der Waals surface area contributed by atoms with Crippen molar-refractivity contribution in [3.8, 4) is 0 Å². The summed E-state index contributed by atoms with van der Waals surface area (Å²) in [5.41, 5.74) is 0.787. The maximum atomic E-state index is 12.4. The van der Waals surface area contributed by atoms with Crippen molar-refractivity contribution in [3.63, 3.8) is 0 Å². The summed E-state index contributed by atoms with van der Waals surface area (Å²) in [5, 5.41) is 11.0. The molecular formula is C19H13ClN2O5S. The van der Waals surface area contributed by atoms with Crippen LogP contribution in [0.2, 0.25) is 5.02 Å². The lowest BCUT2D eigenvalue weighted by Gasteiger charge is -2.13. The van der Waals surface area contributed by atoms with Gasteiger partial charge in [0.2, 0.25) is 5.91 Å². The molecule has 0 aliphatic carbocycles. The van der Waals surface area contributed by atoms with Crippen LogP contribution in [0.1, 0.15) is 15.9 Å². The predicted molar refractivity (Wildman–Crippen MR) is 106 cm³/mol. The van der Waals surface area contributed by atoms with Gasteiger partial charge in [0.25, 0.3) is 11.1 Å². The van der Waals surface area contributed by atoms with Crippen LogP contribution in [0.15, 0.2) is 53.4 Å². The van der Waals surface area contributed by atoms with Crippen LogP contribution in [0.5, 0.6) is 0 Å². The van der Waals surface area contributed by atoms with E-state index in [-0.39, 0.29) is 21.2 Å². The Balaban J connectivity index is 1.70. The summed E-state index contributed by atoms with van der Waals surface area (Å²) < 4.78 is 0. The van der Waals surface area contributed by atoms with Gasteiger partial charge in [0.1, 0.15) is 6.54 Å². The molecule has 1 fully saturated rings. The van der Waals surface area contributed by atoms with Crippen LogP contribution >= 0.6 is 23.4 Å². The molecule has 142 valence electrons. The average molecular weight is 417 g/mol. The third-order valence-corrected chi connectivity index (χ3v) is 4.99. The van der Waals surface area contributed by atoms with Gasteiger partial charge in [0.05, 0.1) is 15.5 Å². The largest absolute Gasteiger partial charge is 0.478 e. The lowest BCUT2D eigenvalue weighted by Crippen LogP contribution is -2.36. The number of nitrogens with zero attached hydrogens (tertiary/aromatic N) is 1. The van der Waals surface area contributed by atoms with Gasteiger partial charge in [-0.1, -0.05) is 41.9 Å². The molecule has 0 unspecified atom stereocenters. The molecule has 1 aliphatic heterocycles. The quantitative estimate of drug-likeness (QED) is 0.720. The topological polar surface area (TPSA) is 104 Å². The number of halogens is 1. The van der Waals surface area contributed by atoms with Gasteiger partial charge in [-0.25, -0.2) is 4.79 Å². The van der Waals surface area contributed by atoms with E-state index >= 15 is 0 Å². The van der Waals surface area contributed by atoms with Crippen molar-refractivity contribution in [1.82, 2.24) is 4.90 Å². The van der Waals surface area contributed by atoms with Crippen LogP contribution < -0.4 is 5.32 Å². The number of carboxylic acid groups (broad SMARTS) is 1. The number of carbonyl (C=O) groups is 4. The third-order valence-electron chi connectivity index (χ3n) is 3.75. The van der Waals surface area contributed by atoms with Crippen molar-refractivity contribution in [2.75, 3.05) is 11.9 Å². The summed E-state index contributed by atoms with van der Waals surface area (Å²) in [6.07, 6.45) is 1.58. The highest BCUT2D eigenvalue weighted by Gasteiger charge is 2.36. The van der Waals surface area contributed by atoms with Gasteiger partial charge in [0, 0.05) is 5.69 Å². The van der Waals surface area contributed by atoms with Crippen molar-refractivity contribution in [1.29, 1.82) is 0 Å². The van der Waals surface area contributed by atoms with Gasteiger partial charge in [-0.05, 0) is 41.6 Å². The molecule has 0 bridgehead atoms. The number of anilines is 1. The van der Waals surface area contributed by atoms with Crippen molar-refractivity contribution in [2.24, 2.45) is 0 Å². The maximum Gasteiger partial charge on any atom is 0.337 e. The first-order valence-corrected chi connectivity index (χ1v) is 9.17. The molecule has 3 amide bonds. The zero-order chi connectivity index (χ0) is 20.3. The number of carboxylic acids is 1. The highest BCUT2D eigenvalue weighted by molar-refractivity contribution is 8.18. The van der Waals surface area contributed by atoms with E-state index in [9.17, 15) is 19.2 Å². The Bertz CT molecular complexity index is 1010. The van der Waals surface area contributed by atoms with E-state index in [1.807, 2.05) is 6.07 Å². The summed E-state index contributed by atoms with van der Waals surface area (Å²) in [6.45, 7) is -0.484. The molecule has 1 aliphatic rings. The van der Waals surface area contributed by atoms with Gasteiger partial charge < -0.3 is 10.4 Å². The van der Waals surface area contributed by atoms with Gasteiger partial charge in [0.15, 0.2) is 0 Å². The van der Waals surface area contributed by atoms with E-state index < -0.39 is 29.6 Å². The summed E-state index contributed by atoms with van der Waals surface area (Å²) in [5.74, 6) is -2.43. The number of hydrogen-bond acceptors (Lipinski definition) is 5. The number of rotatable bonds is 5. The Kier molecular flexibility index (Phi) is 5.81. The molecule has 0 aromatic heterocycles. The van der Waals surface area contributed by atoms with E-state index in [2.05, 4.69) is 5.32 Å². The zero-order valence-electron chi connectivity index (χ0n) is 14.2. The molecule has 2 aromatic carbocycles. The van der Waals surface area contributed by atoms with Crippen LogP contribution in [-0.2, 0) is 9.59 Å². The first-order valence-electron chi connectivity index (χ1n) is 7.98. The van der Waals surface area contributed by atoms with Crippen LogP contribution in [0.4, 0.5) is 10.5 Å². The number of carbonyl (C=O) groups excluding carboxylic acids is 3. The lowest BCUT2D eigenvalue weighted by molar-refractivity contribution is -0.127. The number of thioether (sulfide) groups is 1. The Morgan fingerprint density at radius 2 is 1.86 bits per heavy atom. The smallest absolute Gasteiger partial charge is 0.337 e. The Hall–Kier alpha value is -3.10. The number of hydrogen-bond donors (Lipinski definition) is 2. The van der Waals surface area contributed by atoms with Crippen LogP contribution in [0.25, 0.3) is 6.08 Å². The number of aromatic carboxylic acids is 1. The molecule has 1 heterocycles. The summed E-state index contributed by atoms with van der Waals surface area (Å²) in [7, 11) is 0. The first kappa shape index (κ1) is 19.7. The second-order valence-electron chi connectivity index (χ2n) is 5.73. The normalized spacial score (nSPS) is 15.2. The Labute approximate surface area is 169 Å². The average Bonchev–Trinajstić information content (AvgIpc) is 2.91. The maximum absolute atomic E-state index is 12.4. The molecule has 1 saturated heterocycles. The minimum Gasteiger partial charge on any atom is -0.478 e. The monoisotopic (exact) mass is 416 g/mol. The summed E-state index contributed by atoms with van der Waals surface area (Å²) in [4.78, 5) is 48.9. The van der Waals surface area contributed by atoms with E-state index in [0.29, 0.717) is 0 Å². The molecule has 28 heavy (non-hydrogen) atoms. The van der Waals surface area contributed by atoms with Gasteiger partial charge in [-0.3, -0.25) is 19.3 Å². The highest BCUT2D eigenvalue weighted by atomic mass is 35.5. The molecule has 9 heteroatoms. The number of imide groups is 1. The number of nitrogens with one attached hydrogen (secondary N) is 1. The standard InChI is InChI=1S/C19H13ClN2O5S/c20-14-7-6-12(9-13(14)18(25)26)21-16(23)10-22-17(24)15(28-19(22)27)8-11-4-2-1-3-5-11/h1-9H,10H2,(H,21,23)(H,25,26)/b15-8+. The highest BCUT2D eigenvalue weighted by Crippen LogP contribution is 2.32. The SMILES string of the molecule is O=C(CN1C(=O)S/C(=C/c2ccccc2)C1=O)Nc1ccc(Cl)c(C(=O)O)c1. The molecule has 3 rings (SSSR count). The van der Waals surface area contributed by atoms with Gasteiger partial charge >= 0.3 is 5.97 Å². The molecular weight excluding hydrogens is 404 g/mol. The van der Waals surface area contributed by atoms with E-state index in [4.69, 9.17) is 16.7 Å². The fourth-order valence-electron chi connectivity index (χ4n) is 2.45. The second-order valence-corrected chi connectivity index (χ2v) is 7.13. The van der Waals surface area contributed by atoms with Crippen molar-refractivity contribution >= 4 is 58.1 Å². The molecule has 7 nitrogen and oxygen atoms in total. The fourth-order valence-corrected chi connectivity index (χ4v) is 3.48. The molecule has 0 radical (unpaired) electrons. The molecule has 2 N–H and O–H groups in total. The molecule has 0 spiro atoms. The van der Waals surface area contributed by atoms with E-state index in [0.717, 1.165) is 22.2 Å². The van der Waals surface area contributed by atoms with Crippen LogP contribution in [-0.4, -0.2) is 39.6 Å². The zero-order valence-corrected chi connectivity index (χ0v) is 15.8. The minimum atomic E-state index is -1.24. The van der Waals surface area contributed by atoms with Crippen LogP contribution in [0, 0.1) is 0 Å². The van der Waals surface area contributed by atoms with E-state index in [1.165, 1.54) is 18.2 Å². The third kappa shape index (κ3) is 4.41. The fraction of sp³-hybridized carbons (Fsp3) is 0.0526. The molecule has 2 aromatic rings. The molecule has 0 saturated carbocycles. The summed E-state index contributed by atoms with van der Waals surface area (Å²) >= 11 is 6.54. The van der Waals surface area contributed by atoms with Crippen LogP contribution in [0.3, 0.4) is 0 Å². The van der Waals surface area contributed by atoms with Crippen molar-refractivity contribution in [2.45, 2.75) is 0 Å². The van der Waals surface area contributed by atoms with Crippen molar-refractivity contribution < 1.29 is 24.3 Å². The van der Waals surface area contributed by atoms with Gasteiger partial charge in [-0.2, -0.15) is 0 Å². The number of amides is 3. The van der Waals surface area contributed by atoms with Gasteiger partial charge in [-0.15, -0.1) is 0 Å².